The van der Waals surface area contributed by atoms with Gasteiger partial charge in [0, 0.05) is 19.1 Å². The summed E-state index contributed by atoms with van der Waals surface area (Å²) in [6.07, 6.45) is 3.37. The highest BCUT2D eigenvalue weighted by atomic mass is 16.6. The molecule has 0 aromatic carbocycles. The molecule has 1 N–H and O–H groups in total. The summed E-state index contributed by atoms with van der Waals surface area (Å²) in [7, 11) is 0. The molecule has 0 radical (unpaired) electrons. The highest BCUT2D eigenvalue weighted by Gasteiger charge is 2.34. The molecule has 2 fully saturated rings. The standard InChI is InChI=1S/C13H24N2O2/c1-13(2,3)17-12(16)15-8-6-11-10(9-15)5-4-7-14-11/h10-11,14H,4-9H2,1-3H3/t10-,11-/m0/s1. The van der Waals surface area contributed by atoms with Crippen LogP contribution < -0.4 is 5.32 Å². The van der Waals surface area contributed by atoms with Crippen LogP contribution in [0, 0.1) is 5.92 Å². The molecule has 2 heterocycles. The largest absolute Gasteiger partial charge is 0.444 e. The molecule has 0 saturated carbocycles. The van der Waals surface area contributed by atoms with Gasteiger partial charge in [0.2, 0.25) is 0 Å². The van der Waals surface area contributed by atoms with Gasteiger partial charge in [-0.3, -0.25) is 0 Å². The van der Waals surface area contributed by atoms with Gasteiger partial charge in [-0.15, -0.1) is 0 Å². The topological polar surface area (TPSA) is 41.6 Å². The molecule has 2 saturated heterocycles. The Labute approximate surface area is 104 Å². The smallest absolute Gasteiger partial charge is 0.410 e. The fourth-order valence-corrected chi connectivity index (χ4v) is 2.74. The van der Waals surface area contributed by atoms with Crippen molar-refractivity contribution in [2.24, 2.45) is 5.92 Å². The Balaban J connectivity index is 1.89. The maximum absolute atomic E-state index is 12.0. The van der Waals surface area contributed by atoms with E-state index in [1.807, 2.05) is 25.7 Å². The van der Waals surface area contributed by atoms with Gasteiger partial charge < -0.3 is 15.0 Å². The van der Waals surface area contributed by atoms with Crippen molar-refractivity contribution in [3.8, 4) is 0 Å². The summed E-state index contributed by atoms with van der Waals surface area (Å²) >= 11 is 0. The quantitative estimate of drug-likeness (QED) is 0.704. The number of carbonyl (C=O) groups is 1. The van der Waals surface area contributed by atoms with E-state index in [2.05, 4.69) is 5.32 Å². The summed E-state index contributed by atoms with van der Waals surface area (Å²) in [6, 6.07) is 0.613. The van der Waals surface area contributed by atoms with Crippen LogP contribution in [0.4, 0.5) is 4.79 Å². The summed E-state index contributed by atoms with van der Waals surface area (Å²) in [5, 5.41) is 3.55. The van der Waals surface area contributed by atoms with Crippen LogP contribution in [0.5, 0.6) is 0 Å². The first-order valence-corrected chi connectivity index (χ1v) is 6.67. The van der Waals surface area contributed by atoms with Crippen molar-refractivity contribution < 1.29 is 9.53 Å². The predicted octanol–water partition coefficient (Wildman–Crippen LogP) is 2.00. The minimum Gasteiger partial charge on any atom is -0.444 e. The number of ether oxygens (including phenoxy) is 1. The lowest BCUT2D eigenvalue weighted by Crippen LogP contribution is -2.54. The Morgan fingerprint density at radius 1 is 1.35 bits per heavy atom. The van der Waals surface area contributed by atoms with E-state index in [9.17, 15) is 4.79 Å². The van der Waals surface area contributed by atoms with Gasteiger partial charge in [-0.25, -0.2) is 4.79 Å². The Kier molecular flexibility index (Phi) is 3.61. The zero-order valence-electron chi connectivity index (χ0n) is 11.2. The maximum atomic E-state index is 12.0. The van der Waals surface area contributed by atoms with E-state index in [-0.39, 0.29) is 6.09 Å². The molecule has 0 bridgehead atoms. The van der Waals surface area contributed by atoms with Crippen molar-refractivity contribution >= 4 is 6.09 Å². The molecule has 0 unspecified atom stereocenters. The number of piperidine rings is 2. The molecule has 4 nitrogen and oxygen atoms in total. The molecule has 1 amide bonds. The fourth-order valence-electron chi connectivity index (χ4n) is 2.74. The number of amides is 1. The van der Waals surface area contributed by atoms with E-state index < -0.39 is 5.60 Å². The number of nitrogens with one attached hydrogen (secondary N) is 1. The second-order valence-corrected chi connectivity index (χ2v) is 6.18. The number of rotatable bonds is 0. The van der Waals surface area contributed by atoms with Crippen LogP contribution in [0.2, 0.25) is 0 Å². The van der Waals surface area contributed by atoms with Crippen LogP contribution in [-0.2, 0) is 4.74 Å². The molecule has 0 spiro atoms. The van der Waals surface area contributed by atoms with Crippen LogP contribution >= 0.6 is 0 Å². The molecule has 2 rings (SSSR count). The van der Waals surface area contributed by atoms with E-state index in [0.717, 1.165) is 26.1 Å². The van der Waals surface area contributed by atoms with Gasteiger partial charge in [-0.05, 0) is 52.5 Å². The summed E-state index contributed by atoms with van der Waals surface area (Å²) in [5.41, 5.74) is -0.390. The highest BCUT2D eigenvalue weighted by Crippen LogP contribution is 2.25. The van der Waals surface area contributed by atoms with E-state index in [1.54, 1.807) is 0 Å². The van der Waals surface area contributed by atoms with Gasteiger partial charge >= 0.3 is 6.09 Å². The van der Waals surface area contributed by atoms with Crippen molar-refractivity contribution in [3.05, 3.63) is 0 Å². The summed E-state index contributed by atoms with van der Waals surface area (Å²) in [6.45, 7) is 8.56. The van der Waals surface area contributed by atoms with Crippen LogP contribution in [0.3, 0.4) is 0 Å². The Hall–Kier alpha value is -0.770. The van der Waals surface area contributed by atoms with Crippen molar-refractivity contribution in [3.63, 3.8) is 0 Å². The number of likely N-dealkylation sites (tertiary alicyclic amines) is 1. The molecule has 4 heteroatoms. The van der Waals surface area contributed by atoms with E-state index in [4.69, 9.17) is 4.74 Å². The molecule has 17 heavy (non-hydrogen) atoms. The zero-order chi connectivity index (χ0) is 12.5. The monoisotopic (exact) mass is 240 g/mol. The molecule has 0 aromatic heterocycles. The van der Waals surface area contributed by atoms with E-state index in [0.29, 0.717) is 12.0 Å². The van der Waals surface area contributed by atoms with Crippen LogP contribution in [0.1, 0.15) is 40.0 Å². The predicted molar refractivity (Wildman–Crippen MR) is 66.9 cm³/mol. The second-order valence-electron chi connectivity index (χ2n) is 6.18. The van der Waals surface area contributed by atoms with E-state index >= 15 is 0 Å². The van der Waals surface area contributed by atoms with Gasteiger partial charge in [-0.2, -0.15) is 0 Å². The van der Waals surface area contributed by atoms with Crippen molar-refractivity contribution in [1.82, 2.24) is 10.2 Å². The first-order valence-electron chi connectivity index (χ1n) is 6.67. The minimum atomic E-state index is -0.390. The molecule has 0 aromatic rings. The molecular formula is C13H24N2O2. The Morgan fingerprint density at radius 2 is 2.12 bits per heavy atom. The molecule has 0 aliphatic carbocycles. The van der Waals surface area contributed by atoms with Crippen molar-refractivity contribution in [1.29, 1.82) is 0 Å². The SMILES string of the molecule is CC(C)(C)OC(=O)N1CC[C@@H]2NCCC[C@H]2C1. The first kappa shape index (κ1) is 12.7. The van der Waals surface area contributed by atoms with Crippen molar-refractivity contribution in [2.45, 2.75) is 51.7 Å². The zero-order valence-corrected chi connectivity index (χ0v) is 11.2. The number of hydrogen-bond acceptors (Lipinski definition) is 3. The summed E-state index contributed by atoms with van der Waals surface area (Å²) < 4.78 is 5.42. The average molecular weight is 240 g/mol. The fraction of sp³-hybridized carbons (Fsp3) is 0.923. The highest BCUT2D eigenvalue weighted by molar-refractivity contribution is 5.68. The number of hydrogen-bond donors (Lipinski definition) is 1. The number of fused-ring (bicyclic) bond motifs is 1. The Bertz CT molecular complexity index is 286. The minimum absolute atomic E-state index is 0.151. The van der Waals surface area contributed by atoms with E-state index in [1.165, 1.54) is 12.8 Å². The normalized spacial score (nSPS) is 29.7. The average Bonchev–Trinajstić information content (AvgIpc) is 2.26. The van der Waals surface area contributed by atoms with Gasteiger partial charge in [-0.1, -0.05) is 0 Å². The van der Waals surface area contributed by atoms with Gasteiger partial charge in [0.05, 0.1) is 0 Å². The molecule has 2 aliphatic heterocycles. The molecule has 2 atom stereocenters. The lowest BCUT2D eigenvalue weighted by molar-refractivity contribution is 0.0106. The third-order valence-electron chi connectivity index (χ3n) is 3.54. The third-order valence-corrected chi connectivity index (χ3v) is 3.54. The molecule has 98 valence electrons. The van der Waals surface area contributed by atoms with Crippen molar-refractivity contribution in [2.75, 3.05) is 19.6 Å². The lowest BCUT2D eigenvalue weighted by Gasteiger charge is -2.41. The number of carbonyl (C=O) groups excluding carboxylic acids is 1. The third kappa shape index (κ3) is 3.35. The van der Waals surface area contributed by atoms with Gasteiger partial charge in [0.25, 0.3) is 0 Å². The van der Waals surface area contributed by atoms with Crippen LogP contribution in [0.25, 0.3) is 0 Å². The van der Waals surface area contributed by atoms with Crippen LogP contribution in [0.15, 0.2) is 0 Å². The first-order chi connectivity index (χ1) is 7.96. The number of nitrogens with zero attached hydrogens (tertiary/aromatic N) is 1. The maximum Gasteiger partial charge on any atom is 0.410 e. The lowest BCUT2D eigenvalue weighted by atomic mass is 9.85. The molecular weight excluding hydrogens is 216 g/mol. The molecule has 2 aliphatic rings. The van der Waals surface area contributed by atoms with Crippen LogP contribution in [-0.4, -0.2) is 42.3 Å². The summed E-state index contributed by atoms with van der Waals surface area (Å²) in [5.74, 6) is 0.616. The van der Waals surface area contributed by atoms with Gasteiger partial charge in [0.1, 0.15) is 5.60 Å². The Morgan fingerprint density at radius 3 is 2.82 bits per heavy atom. The second kappa shape index (κ2) is 4.84. The summed E-state index contributed by atoms with van der Waals surface area (Å²) in [4.78, 5) is 13.8. The van der Waals surface area contributed by atoms with Gasteiger partial charge in [0.15, 0.2) is 0 Å².